The zero-order chi connectivity index (χ0) is 21.8. The van der Waals surface area contributed by atoms with Crippen LogP contribution in [0.4, 0.5) is 11.4 Å². The Morgan fingerprint density at radius 2 is 1.73 bits per heavy atom. The van der Waals surface area contributed by atoms with Crippen LogP contribution in [-0.4, -0.2) is 49.6 Å². The predicted molar refractivity (Wildman–Crippen MR) is 111 cm³/mol. The highest BCUT2D eigenvalue weighted by molar-refractivity contribution is 6.00. The number of rotatable bonds is 6. The third kappa shape index (κ3) is 4.65. The number of anilines is 1. The third-order valence-corrected chi connectivity index (χ3v) is 5.24. The molecular formula is C22H24N2O6. The van der Waals surface area contributed by atoms with E-state index < -0.39 is 17.5 Å². The standard InChI is InChI=1S/C22H24N2O6/c1-14-10-16(3)18(11-15(14)2)21(25)13-30-22(26)17-4-5-19(20(12-17)24(27)28)23-6-8-29-9-7-23/h4-5,10-12H,6-9,13H2,1-3H3. The van der Waals surface area contributed by atoms with E-state index in [1.807, 2.05) is 31.7 Å². The monoisotopic (exact) mass is 412 g/mol. The van der Waals surface area contributed by atoms with E-state index in [0.717, 1.165) is 16.7 Å². The Kier molecular flexibility index (Phi) is 6.47. The van der Waals surface area contributed by atoms with E-state index in [-0.39, 0.29) is 17.0 Å². The molecule has 2 aromatic carbocycles. The van der Waals surface area contributed by atoms with Crippen LogP contribution in [-0.2, 0) is 9.47 Å². The van der Waals surface area contributed by atoms with E-state index >= 15 is 0 Å². The smallest absolute Gasteiger partial charge is 0.338 e. The second-order valence-electron chi connectivity index (χ2n) is 7.31. The maximum Gasteiger partial charge on any atom is 0.338 e. The van der Waals surface area contributed by atoms with Crippen molar-refractivity contribution in [2.24, 2.45) is 0 Å². The molecule has 3 rings (SSSR count). The summed E-state index contributed by atoms with van der Waals surface area (Å²) < 4.78 is 10.4. The van der Waals surface area contributed by atoms with E-state index in [1.165, 1.54) is 18.2 Å². The van der Waals surface area contributed by atoms with Crippen molar-refractivity contribution in [1.29, 1.82) is 0 Å². The van der Waals surface area contributed by atoms with Crippen LogP contribution >= 0.6 is 0 Å². The summed E-state index contributed by atoms with van der Waals surface area (Å²) in [5.74, 6) is -1.09. The molecule has 0 amide bonds. The molecule has 0 radical (unpaired) electrons. The number of ketones is 1. The minimum Gasteiger partial charge on any atom is -0.454 e. The summed E-state index contributed by atoms with van der Waals surface area (Å²) in [6, 6.07) is 7.90. The highest BCUT2D eigenvalue weighted by atomic mass is 16.6. The number of nitro groups is 1. The number of hydrogen-bond acceptors (Lipinski definition) is 7. The number of carbonyl (C=O) groups is 2. The number of nitro benzene ring substituents is 1. The first-order valence-corrected chi connectivity index (χ1v) is 9.67. The van der Waals surface area contributed by atoms with Gasteiger partial charge < -0.3 is 14.4 Å². The lowest BCUT2D eigenvalue weighted by atomic mass is 9.98. The van der Waals surface area contributed by atoms with Gasteiger partial charge in [0, 0.05) is 24.7 Å². The van der Waals surface area contributed by atoms with Crippen LogP contribution in [0, 0.1) is 30.9 Å². The molecule has 1 aliphatic rings. The van der Waals surface area contributed by atoms with E-state index in [9.17, 15) is 19.7 Å². The lowest BCUT2D eigenvalue weighted by molar-refractivity contribution is -0.384. The Morgan fingerprint density at radius 1 is 1.07 bits per heavy atom. The quantitative estimate of drug-likeness (QED) is 0.310. The van der Waals surface area contributed by atoms with Crippen molar-refractivity contribution in [3.8, 4) is 0 Å². The van der Waals surface area contributed by atoms with Gasteiger partial charge in [0.1, 0.15) is 5.69 Å². The molecule has 1 fully saturated rings. The van der Waals surface area contributed by atoms with E-state index in [0.29, 0.717) is 37.6 Å². The topological polar surface area (TPSA) is 99.0 Å². The maximum atomic E-state index is 12.5. The van der Waals surface area contributed by atoms with Crippen LogP contribution in [0.25, 0.3) is 0 Å². The molecule has 1 aliphatic heterocycles. The first-order valence-electron chi connectivity index (χ1n) is 9.67. The van der Waals surface area contributed by atoms with Crippen molar-refractivity contribution < 1.29 is 24.0 Å². The average molecular weight is 412 g/mol. The Labute approximate surface area is 174 Å². The number of esters is 1. The molecule has 158 valence electrons. The fourth-order valence-electron chi connectivity index (χ4n) is 3.42. The number of aryl methyl sites for hydroxylation is 3. The van der Waals surface area contributed by atoms with Crippen molar-refractivity contribution in [2.75, 3.05) is 37.8 Å². The number of nitrogens with zero attached hydrogens (tertiary/aromatic N) is 2. The molecule has 0 saturated carbocycles. The SMILES string of the molecule is Cc1cc(C)c(C(=O)COC(=O)c2ccc(N3CCOCC3)c([N+](=O)[O-])c2)cc1C. The largest absolute Gasteiger partial charge is 0.454 e. The van der Waals surface area contributed by atoms with Crippen LogP contribution in [0.5, 0.6) is 0 Å². The minimum atomic E-state index is -0.776. The summed E-state index contributed by atoms with van der Waals surface area (Å²) in [4.78, 5) is 37.8. The summed E-state index contributed by atoms with van der Waals surface area (Å²) >= 11 is 0. The van der Waals surface area contributed by atoms with Gasteiger partial charge in [0.2, 0.25) is 5.78 Å². The van der Waals surface area contributed by atoms with Gasteiger partial charge in [-0.2, -0.15) is 0 Å². The molecule has 0 aliphatic carbocycles. The van der Waals surface area contributed by atoms with E-state index in [2.05, 4.69) is 0 Å². The van der Waals surface area contributed by atoms with Crippen LogP contribution in [0.2, 0.25) is 0 Å². The summed E-state index contributed by atoms with van der Waals surface area (Å²) in [7, 11) is 0. The van der Waals surface area contributed by atoms with Crippen molar-refractivity contribution in [1.82, 2.24) is 0 Å². The highest BCUT2D eigenvalue weighted by Crippen LogP contribution is 2.30. The highest BCUT2D eigenvalue weighted by Gasteiger charge is 2.24. The molecule has 30 heavy (non-hydrogen) atoms. The van der Waals surface area contributed by atoms with Gasteiger partial charge in [-0.05, 0) is 55.7 Å². The van der Waals surface area contributed by atoms with Gasteiger partial charge in [0.15, 0.2) is 6.61 Å². The van der Waals surface area contributed by atoms with E-state index in [1.54, 1.807) is 6.07 Å². The number of Topliss-reactive ketones (excluding diaryl/α,β-unsaturated/α-hetero) is 1. The number of ether oxygens (including phenoxy) is 2. The van der Waals surface area contributed by atoms with Gasteiger partial charge >= 0.3 is 5.97 Å². The number of benzene rings is 2. The van der Waals surface area contributed by atoms with Gasteiger partial charge in [-0.3, -0.25) is 14.9 Å². The molecule has 2 aromatic rings. The number of hydrogen-bond donors (Lipinski definition) is 0. The van der Waals surface area contributed by atoms with Gasteiger partial charge in [0.05, 0.1) is 23.7 Å². The van der Waals surface area contributed by atoms with Crippen molar-refractivity contribution in [2.45, 2.75) is 20.8 Å². The molecule has 8 heteroatoms. The van der Waals surface area contributed by atoms with Crippen LogP contribution in [0.1, 0.15) is 37.4 Å². The molecule has 0 atom stereocenters. The summed E-state index contributed by atoms with van der Waals surface area (Å²) in [5.41, 5.74) is 3.65. The van der Waals surface area contributed by atoms with Gasteiger partial charge in [-0.15, -0.1) is 0 Å². The van der Waals surface area contributed by atoms with Crippen molar-refractivity contribution in [3.05, 3.63) is 68.3 Å². The first-order chi connectivity index (χ1) is 14.3. The molecule has 1 saturated heterocycles. The summed E-state index contributed by atoms with van der Waals surface area (Å²) in [5, 5.41) is 11.5. The van der Waals surface area contributed by atoms with Gasteiger partial charge in [-0.1, -0.05) is 6.07 Å². The lowest BCUT2D eigenvalue weighted by Gasteiger charge is -2.28. The van der Waals surface area contributed by atoms with Gasteiger partial charge in [0.25, 0.3) is 5.69 Å². The minimum absolute atomic E-state index is 0.0309. The second-order valence-corrected chi connectivity index (χ2v) is 7.31. The lowest BCUT2D eigenvalue weighted by Crippen LogP contribution is -2.36. The second kappa shape index (κ2) is 9.04. The molecule has 0 aromatic heterocycles. The zero-order valence-corrected chi connectivity index (χ0v) is 17.3. The molecule has 0 bridgehead atoms. The Bertz CT molecular complexity index is 995. The fraction of sp³-hybridized carbons (Fsp3) is 0.364. The third-order valence-electron chi connectivity index (χ3n) is 5.24. The van der Waals surface area contributed by atoms with Gasteiger partial charge in [-0.25, -0.2) is 4.79 Å². The molecule has 0 unspecified atom stereocenters. The zero-order valence-electron chi connectivity index (χ0n) is 17.3. The van der Waals surface area contributed by atoms with E-state index in [4.69, 9.17) is 9.47 Å². The van der Waals surface area contributed by atoms with Crippen LogP contribution in [0.15, 0.2) is 30.3 Å². The Hall–Kier alpha value is -3.26. The summed E-state index contributed by atoms with van der Waals surface area (Å²) in [6.45, 7) is 7.32. The van der Waals surface area contributed by atoms with Crippen molar-refractivity contribution in [3.63, 3.8) is 0 Å². The molecule has 1 heterocycles. The fourth-order valence-corrected chi connectivity index (χ4v) is 3.42. The molecule has 0 N–H and O–H groups in total. The number of carbonyl (C=O) groups excluding carboxylic acids is 2. The first kappa shape index (κ1) is 21.4. The average Bonchev–Trinajstić information content (AvgIpc) is 2.74. The van der Waals surface area contributed by atoms with Crippen LogP contribution < -0.4 is 4.90 Å². The molecular weight excluding hydrogens is 388 g/mol. The maximum absolute atomic E-state index is 12.5. The predicted octanol–water partition coefficient (Wildman–Crippen LogP) is 3.40. The van der Waals surface area contributed by atoms with Crippen molar-refractivity contribution >= 4 is 23.1 Å². The molecule has 8 nitrogen and oxygen atoms in total. The van der Waals surface area contributed by atoms with Crippen LogP contribution in [0.3, 0.4) is 0 Å². The Balaban J connectivity index is 1.73. The molecule has 0 spiro atoms. The Morgan fingerprint density at radius 3 is 2.40 bits per heavy atom. The normalized spacial score (nSPS) is 13.8. The number of morpholine rings is 1. The summed E-state index contributed by atoms with van der Waals surface area (Å²) in [6.07, 6.45) is 0.